The summed E-state index contributed by atoms with van der Waals surface area (Å²) in [6, 6.07) is 8.38. The molecule has 26 heavy (non-hydrogen) atoms. The van der Waals surface area contributed by atoms with E-state index in [2.05, 4.69) is 44.8 Å². The van der Waals surface area contributed by atoms with Crippen LogP contribution in [0.15, 0.2) is 24.3 Å². The molecule has 6 nitrogen and oxygen atoms in total. The Bertz CT molecular complexity index is 758. The Balaban J connectivity index is 1.46. The molecule has 0 amide bonds. The van der Waals surface area contributed by atoms with Crippen molar-refractivity contribution in [2.24, 2.45) is 0 Å². The number of anilines is 2. The van der Waals surface area contributed by atoms with E-state index in [4.69, 9.17) is 9.72 Å². The summed E-state index contributed by atoms with van der Waals surface area (Å²) in [7, 11) is 0. The predicted molar refractivity (Wildman–Crippen MR) is 104 cm³/mol. The molecule has 4 rings (SSSR count). The first kappa shape index (κ1) is 17.1. The number of hydrogen-bond acceptors (Lipinski definition) is 6. The quantitative estimate of drug-likeness (QED) is 0.881. The van der Waals surface area contributed by atoms with E-state index >= 15 is 0 Å². The zero-order chi connectivity index (χ0) is 17.8. The number of rotatable bonds is 4. The molecule has 0 saturated carbocycles. The SMILES string of the molecule is Cc1cc(CNc2ccc3c(c2)OCCNC3)nc(N2CCCCC2)n1. The minimum atomic E-state index is 0.682. The summed E-state index contributed by atoms with van der Waals surface area (Å²) in [5.41, 5.74) is 4.31. The Hall–Kier alpha value is -2.34. The van der Waals surface area contributed by atoms with Crippen LogP contribution in [-0.4, -0.2) is 36.2 Å². The molecule has 1 saturated heterocycles. The zero-order valence-electron chi connectivity index (χ0n) is 15.4. The van der Waals surface area contributed by atoms with Crippen LogP contribution in [-0.2, 0) is 13.1 Å². The van der Waals surface area contributed by atoms with Crippen LogP contribution in [0, 0.1) is 6.92 Å². The third-order valence-electron chi connectivity index (χ3n) is 4.93. The maximum Gasteiger partial charge on any atom is 0.225 e. The minimum Gasteiger partial charge on any atom is -0.492 e. The second kappa shape index (κ2) is 7.91. The number of hydrogen-bond donors (Lipinski definition) is 2. The molecule has 3 heterocycles. The summed E-state index contributed by atoms with van der Waals surface area (Å²) in [4.78, 5) is 11.7. The van der Waals surface area contributed by atoms with Crippen LogP contribution in [0.1, 0.15) is 36.2 Å². The van der Waals surface area contributed by atoms with Crippen LogP contribution in [0.3, 0.4) is 0 Å². The standard InChI is InChI=1S/C20H27N5O/c1-15-11-18(24-20(23-15)25-8-3-2-4-9-25)14-22-17-6-5-16-13-21-7-10-26-19(16)12-17/h5-6,11-12,21-22H,2-4,7-10,13-14H2,1H3. The number of piperidine rings is 1. The van der Waals surface area contributed by atoms with Gasteiger partial charge in [-0.15, -0.1) is 0 Å². The van der Waals surface area contributed by atoms with Crippen molar-refractivity contribution < 1.29 is 4.74 Å². The molecule has 0 spiro atoms. The molecule has 0 atom stereocenters. The molecule has 2 aromatic rings. The summed E-state index contributed by atoms with van der Waals surface area (Å²) in [6.45, 7) is 7.31. The van der Waals surface area contributed by atoms with Crippen LogP contribution in [0.25, 0.3) is 0 Å². The maximum atomic E-state index is 5.82. The Labute approximate surface area is 155 Å². The smallest absolute Gasteiger partial charge is 0.225 e. The highest BCUT2D eigenvalue weighted by molar-refractivity contribution is 5.52. The molecular weight excluding hydrogens is 326 g/mol. The lowest BCUT2D eigenvalue weighted by atomic mass is 10.1. The number of fused-ring (bicyclic) bond motifs is 1. The van der Waals surface area contributed by atoms with E-state index in [1.54, 1.807) is 0 Å². The van der Waals surface area contributed by atoms with E-state index in [1.807, 2.05) is 6.92 Å². The molecular formula is C20H27N5O. The summed E-state index contributed by atoms with van der Waals surface area (Å²) >= 11 is 0. The molecule has 2 N–H and O–H groups in total. The van der Waals surface area contributed by atoms with Crippen molar-refractivity contribution in [2.45, 2.75) is 39.3 Å². The second-order valence-corrected chi connectivity index (χ2v) is 7.05. The van der Waals surface area contributed by atoms with Crippen LogP contribution in [0.4, 0.5) is 11.6 Å². The van der Waals surface area contributed by atoms with Gasteiger partial charge in [-0.3, -0.25) is 0 Å². The van der Waals surface area contributed by atoms with E-state index in [0.717, 1.165) is 55.0 Å². The fourth-order valence-corrected chi connectivity index (χ4v) is 3.54. The molecule has 2 aliphatic heterocycles. The number of nitrogens with one attached hydrogen (secondary N) is 2. The number of aromatic nitrogens is 2. The van der Waals surface area contributed by atoms with Crippen LogP contribution in [0.2, 0.25) is 0 Å². The summed E-state index contributed by atoms with van der Waals surface area (Å²) in [5, 5.41) is 6.84. The highest BCUT2D eigenvalue weighted by Gasteiger charge is 2.15. The molecule has 1 aromatic heterocycles. The summed E-state index contributed by atoms with van der Waals surface area (Å²) < 4.78 is 5.82. The predicted octanol–water partition coefficient (Wildman–Crippen LogP) is 2.87. The third kappa shape index (κ3) is 4.07. The van der Waals surface area contributed by atoms with E-state index in [1.165, 1.54) is 24.8 Å². The Morgan fingerprint density at radius 3 is 2.92 bits per heavy atom. The van der Waals surface area contributed by atoms with Gasteiger partial charge in [-0.1, -0.05) is 6.07 Å². The van der Waals surface area contributed by atoms with Crippen LogP contribution < -0.4 is 20.3 Å². The van der Waals surface area contributed by atoms with E-state index in [9.17, 15) is 0 Å². The van der Waals surface area contributed by atoms with Gasteiger partial charge >= 0.3 is 0 Å². The van der Waals surface area contributed by atoms with Crippen molar-refractivity contribution in [3.8, 4) is 5.75 Å². The van der Waals surface area contributed by atoms with Gasteiger partial charge in [0.15, 0.2) is 0 Å². The van der Waals surface area contributed by atoms with Gasteiger partial charge < -0.3 is 20.3 Å². The van der Waals surface area contributed by atoms with Crippen molar-refractivity contribution in [2.75, 3.05) is 36.5 Å². The lowest BCUT2D eigenvalue weighted by molar-refractivity contribution is 0.326. The average Bonchev–Trinajstić information content (AvgIpc) is 2.91. The summed E-state index contributed by atoms with van der Waals surface area (Å²) in [6.07, 6.45) is 3.77. The van der Waals surface area contributed by atoms with Gasteiger partial charge in [0.25, 0.3) is 0 Å². The molecule has 0 unspecified atom stereocenters. The van der Waals surface area contributed by atoms with E-state index in [0.29, 0.717) is 13.2 Å². The minimum absolute atomic E-state index is 0.682. The fourth-order valence-electron chi connectivity index (χ4n) is 3.54. The van der Waals surface area contributed by atoms with Gasteiger partial charge in [0.1, 0.15) is 12.4 Å². The molecule has 0 aliphatic carbocycles. The number of aryl methyl sites for hydroxylation is 1. The maximum absolute atomic E-state index is 5.82. The average molecular weight is 353 g/mol. The van der Waals surface area contributed by atoms with Crippen LogP contribution >= 0.6 is 0 Å². The normalized spacial score (nSPS) is 17.2. The van der Waals surface area contributed by atoms with E-state index in [-0.39, 0.29) is 0 Å². The van der Waals surface area contributed by atoms with Gasteiger partial charge in [0.2, 0.25) is 5.95 Å². The first-order chi connectivity index (χ1) is 12.8. The highest BCUT2D eigenvalue weighted by atomic mass is 16.5. The Kier molecular flexibility index (Phi) is 5.20. The largest absolute Gasteiger partial charge is 0.492 e. The molecule has 1 fully saturated rings. The van der Waals surface area contributed by atoms with E-state index < -0.39 is 0 Å². The highest BCUT2D eigenvalue weighted by Crippen LogP contribution is 2.25. The van der Waals surface area contributed by atoms with Crippen molar-refractivity contribution in [3.63, 3.8) is 0 Å². The Morgan fingerprint density at radius 1 is 1.15 bits per heavy atom. The van der Waals surface area contributed by atoms with Gasteiger partial charge in [-0.05, 0) is 38.3 Å². The van der Waals surface area contributed by atoms with Gasteiger partial charge in [-0.2, -0.15) is 0 Å². The van der Waals surface area contributed by atoms with Crippen molar-refractivity contribution in [1.82, 2.24) is 15.3 Å². The number of benzene rings is 1. The monoisotopic (exact) mass is 353 g/mol. The lowest BCUT2D eigenvalue weighted by Crippen LogP contribution is -2.31. The first-order valence-corrected chi connectivity index (χ1v) is 9.58. The fraction of sp³-hybridized carbons (Fsp3) is 0.500. The van der Waals surface area contributed by atoms with Gasteiger partial charge in [0.05, 0.1) is 12.2 Å². The van der Waals surface area contributed by atoms with Crippen LogP contribution in [0.5, 0.6) is 5.75 Å². The first-order valence-electron chi connectivity index (χ1n) is 9.58. The molecule has 0 bridgehead atoms. The Morgan fingerprint density at radius 2 is 2.04 bits per heavy atom. The number of nitrogens with zero attached hydrogens (tertiary/aromatic N) is 3. The molecule has 1 aromatic carbocycles. The van der Waals surface area contributed by atoms with Crippen molar-refractivity contribution >= 4 is 11.6 Å². The second-order valence-electron chi connectivity index (χ2n) is 7.05. The molecule has 138 valence electrons. The number of ether oxygens (including phenoxy) is 1. The molecule has 6 heteroatoms. The van der Waals surface area contributed by atoms with Gasteiger partial charge in [-0.25, -0.2) is 9.97 Å². The van der Waals surface area contributed by atoms with Crippen molar-refractivity contribution in [3.05, 3.63) is 41.2 Å². The topological polar surface area (TPSA) is 62.3 Å². The molecule has 2 aliphatic rings. The third-order valence-corrected chi connectivity index (χ3v) is 4.93. The van der Waals surface area contributed by atoms with Gasteiger partial charge in [0, 0.05) is 49.2 Å². The van der Waals surface area contributed by atoms with Crippen molar-refractivity contribution in [1.29, 1.82) is 0 Å². The molecule has 0 radical (unpaired) electrons. The zero-order valence-corrected chi connectivity index (χ0v) is 15.4. The summed E-state index contributed by atoms with van der Waals surface area (Å²) in [5.74, 6) is 1.84. The lowest BCUT2D eigenvalue weighted by Gasteiger charge is -2.27.